The highest BCUT2D eigenvalue weighted by Gasteiger charge is 2.39. The molecule has 3 heteroatoms. The van der Waals surface area contributed by atoms with E-state index in [0.717, 1.165) is 37.5 Å². The normalized spacial score (nSPS) is 39.6. The molecular weight excluding hydrogens is 236 g/mol. The van der Waals surface area contributed by atoms with Crippen molar-refractivity contribution in [3.8, 4) is 0 Å². The van der Waals surface area contributed by atoms with Gasteiger partial charge in [0, 0.05) is 25.7 Å². The molecule has 110 valence electrons. The van der Waals surface area contributed by atoms with E-state index in [0.29, 0.717) is 6.10 Å². The number of rotatable bonds is 5. The third-order valence-electron chi connectivity index (χ3n) is 5.35. The van der Waals surface area contributed by atoms with E-state index in [2.05, 4.69) is 17.1 Å². The van der Waals surface area contributed by atoms with E-state index in [1.165, 1.54) is 51.7 Å². The molecule has 0 spiro atoms. The number of ether oxygens (including phenoxy) is 1. The maximum atomic E-state index is 5.95. The maximum Gasteiger partial charge on any atom is 0.0702 e. The molecule has 0 aromatic rings. The molecule has 4 atom stereocenters. The summed E-state index contributed by atoms with van der Waals surface area (Å²) in [6.07, 6.45) is 8.62. The third-order valence-corrected chi connectivity index (χ3v) is 5.35. The molecule has 2 heterocycles. The van der Waals surface area contributed by atoms with Gasteiger partial charge in [0.2, 0.25) is 0 Å². The quantitative estimate of drug-likeness (QED) is 0.826. The summed E-state index contributed by atoms with van der Waals surface area (Å²) in [6.45, 7) is 8.11. The summed E-state index contributed by atoms with van der Waals surface area (Å²) in [5.41, 5.74) is 0. The minimum absolute atomic E-state index is 0.495. The minimum atomic E-state index is 0.495. The molecule has 0 amide bonds. The van der Waals surface area contributed by atoms with Crippen LogP contribution >= 0.6 is 0 Å². The minimum Gasteiger partial charge on any atom is -0.377 e. The summed E-state index contributed by atoms with van der Waals surface area (Å²) in [7, 11) is 0. The lowest BCUT2D eigenvalue weighted by Gasteiger charge is -2.35. The first kappa shape index (κ1) is 13.8. The average Bonchev–Trinajstić information content (AvgIpc) is 3.02. The summed E-state index contributed by atoms with van der Waals surface area (Å²) in [6, 6.07) is 0.762. The second kappa shape index (κ2) is 6.55. The molecule has 1 saturated carbocycles. The maximum absolute atomic E-state index is 5.95. The van der Waals surface area contributed by atoms with Crippen molar-refractivity contribution in [3.05, 3.63) is 0 Å². The fraction of sp³-hybridized carbons (Fsp3) is 1.00. The highest BCUT2D eigenvalue weighted by atomic mass is 16.5. The van der Waals surface area contributed by atoms with Gasteiger partial charge in [0.25, 0.3) is 0 Å². The molecule has 3 aliphatic rings. The average molecular weight is 266 g/mol. The smallest absolute Gasteiger partial charge is 0.0702 e. The first-order valence-corrected chi connectivity index (χ1v) is 8.44. The van der Waals surface area contributed by atoms with Crippen LogP contribution in [0.3, 0.4) is 0 Å². The fourth-order valence-electron chi connectivity index (χ4n) is 4.38. The molecule has 4 unspecified atom stereocenters. The van der Waals surface area contributed by atoms with E-state index >= 15 is 0 Å². The number of likely N-dealkylation sites (tertiary alicyclic amines) is 1. The van der Waals surface area contributed by atoms with Crippen LogP contribution in [0.2, 0.25) is 0 Å². The summed E-state index contributed by atoms with van der Waals surface area (Å²) in [4.78, 5) is 2.65. The van der Waals surface area contributed by atoms with Gasteiger partial charge in [-0.25, -0.2) is 0 Å². The van der Waals surface area contributed by atoms with Crippen molar-refractivity contribution >= 4 is 0 Å². The van der Waals surface area contributed by atoms with Gasteiger partial charge in [-0.3, -0.25) is 4.90 Å². The van der Waals surface area contributed by atoms with E-state index in [-0.39, 0.29) is 0 Å². The molecule has 0 aromatic carbocycles. The van der Waals surface area contributed by atoms with Crippen molar-refractivity contribution in [2.45, 2.75) is 57.6 Å². The van der Waals surface area contributed by atoms with Crippen LogP contribution in [-0.2, 0) is 4.74 Å². The van der Waals surface area contributed by atoms with E-state index in [4.69, 9.17) is 4.74 Å². The zero-order valence-corrected chi connectivity index (χ0v) is 12.4. The van der Waals surface area contributed by atoms with Crippen LogP contribution in [-0.4, -0.2) is 49.8 Å². The Morgan fingerprint density at radius 3 is 3.05 bits per heavy atom. The van der Waals surface area contributed by atoms with Gasteiger partial charge >= 0.3 is 0 Å². The van der Waals surface area contributed by atoms with Gasteiger partial charge < -0.3 is 10.1 Å². The molecule has 0 bridgehead atoms. The van der Waals surface area contributed by atoms with E-state index < -0.39 is 0 Å². The molecule has 3 rings (SSSR count). The van der Waals surface area contributed by atoms with Crippen LogP contribution in [0.4, 0.5) is 0 Å². The first-order chi connectivity index (χ1) is 9.36. The van der Waals surface area contributed by atoms with Crippen molar-refractivity contribution in [1.29, 1.82) is 0 Å². The highest BCUT2D eigenvalue weighted by Crippen LogP contribution is 2.38. The number of fused-ring (bicyclic) bond motifs is 1. The molecule has 2 saturated heterocycles. The van der Waals surface area contributed by atoms with Crippen LogP contribution in [0.1, 0.15) is 45.4 Å². The van der Waals surface area contributed by atoms with Gasteiger partial charge in [0.15, 0.2) is 0 Å². The molecule has 2 aliphatic heterocycles. The number of piperidine rings is 1. The van der Waals surface area contributed by atoms with Gasteiger partial charge in [-0.2, -0.15) is 0 Å². The SMILES string of the molecule is CCCOC1CCCN(CC2NCC3CCCC32)C1. The predicted octanol–water partition coefficient (Wildman–Crippen LogP) is 2.27. The molecule has 1 aliphatic carbocycles. The fourth-order valence-corrected chi connectivity index (χ4v) is 4.38. The van der Waals surface area contributed by atoms with Crippen molar-refractivity contribution in [2.75, 3.05) is 32.8 Å². The van der Waals surface area contributed by atoms with Crippen molar-refractivity contribution in [1.82, 2.24) is 10.2 Å². The lowest BCUT2D eigenvalue weighted by molar-refractivity contribution is -0.00299. The number of hydrogen-bond acceptors (Lipinski definition) is 3. The van der Waals surface area contributed by atoms with E-state index in [1.807, 2.05) is 0 Å². The van der Waals surface area contributed by atoms with Gasteiger partial charge in [-0.15, -0.1) is 0 Å². The van der Waals surface area contributed by atoms with Gasteiger partial charge in [0.1, 0.15) is 0 Å². The topological polar surface area (TPSA) is 24.5 Å². The standard InChI is InChI=1S/C16H30N2O/c1-2-9-19-14-6-4-8-18(11-14)12-16-15-7-3-5-13(15)10-17-16/h13-17H,2-12H2,1H3. The first-order valence-electron chi connectivity index (χ1n) is 8.44. The molecule has 3 fully saturated rings. The Morgan fingerprint density at radius 2 is 2.16 bits per heavy atom. The Morgan fingerprint density at radius 1 is 1.21 bits per heavy atom. The lowest BCUT2D eigenvalue weighted by atomic mass is 9.93. The highest BCUT2D eigenvalue weighted by molar-refractivity contribution is 4.95. The van der Waals surface area contributed by atoms with Crippen LogP contribution in [0, 0.1) is 11.8 Å². The molecule has 19 heavy (non-hydrogen) atoms. The van der Waals surface area contributed by atoms with Gasteiger partial charge in [-0.05, 0) is 57.0 Å². The molecule has 3 nitrogen and oxygen atoms in total. The molecule has 1 N–H and O–H groups in total. The molecule has 0 aromatic heterocycles. The summed E-state index contributed by atoms with van der Waals surface area (Å²) < 4.78 is 5.95. The van der Waals surface area contributed by atoms with Crippen LogP contribution in [0.15, 0.2) is 0 Å². The van der Waals surface area contributed by atoms with Crippen molar-refractivity contribution in [2.24, 2.45) is 11.8 Å². The monoisotopic (exact) mass is 266 g/mol. The van der Waals surface area contributed by atoms with Crippen LogP contribution in [0.5, 0.6) is 0 Å². The second-order valence-electron chi connectivity index (χ2n) is 6.76. The Kier molecular flexibility index (Phi) is 4.78. The second-order valence-corrected chi connectivity index (χ2v) is 6.76. The third kappa shape index (κ3) is 3.32. The largest absolute Gasteiger partial charge is 0.377 e. The summed E-state index contributed by atoms with van der Waals surface area (Å²) in [5, 5.41) is 3.78. The zero-order chi connectivity index (χ0) is 13.1. The predicted molar refractivity (Wildman–Crippen MR) is 78.3 cm³/mol. The van der Waals surface area contributed by atoms with E-state index in [9.17, 15) is 0 Å². The lowest BCUT2D eigenvalue weighted by Crippen LogP contribution is -2.47. The summed E-state index contributed by atoms with van der Waals surface area (Å²) >= 11 is 0. The number of nitrogens with zero attached hydrogens (tertiary/aromatic N) is 1. The molecular formula is C16H30N2O. The van der Waals surface area contributed by atoms with Crippen molar-refractivity contribution in [3.63, 3.8) is 0 Å². The molecule has 0 radical (unpaired) electrons. The Hall–Kier alpha value is -0.120. The summed E-state index contributed by atoms with van der Waals surface area (Å²) in [5.74, 6) is 1.96. The van der Waals surface area contributed by atoms with Gasteiger partial charge in [-0.1, -0.05) is 13.3 Å². The number of hydrogen-bond donors (Lipinski definition) is 1. The Balaban J connectivity index is 1.46. The number of nitrogens with one attached hydrogen (secondary N) is 1. The van der Waals surface area contributed by atoms with Crippen LogP contribution < -0.4 is 5.32 Å². The van der Waals surface area contributed by atoms with Gasteiger partial charge in [0.05, 0.1) is 6.10 Å². The van der Waals surface area contributed by atoms with Crippen molar-refractivity contribution < 1.29 is 4.74 Å². The zero-order valence-electron chi connectivity index (χ0n) is 12.4. The Bertz CT molecular complexity index is 284. The van der Waals surface area contributed by atoms with Crippen LogP contribution in [0.25, 0.3) is 0 Å². The Labute approximate surface area is 118 Å². The van der Waals surface area contributed by atoms with E-state index in [1.54, 1.807) is 0 Å².